The molecule has 0 aliphatic carbocycles. The first-order valence-electron chi connectivity index (χ1n) is 3.84. The number of rotatable bonds is 4. The van der Waals surface area contributed by atoms with E-state index in [0.29, 0.717) is 0 Å². The Morgan fingerprint density at radius 1 is 1.75 bits per heavy atom. The van der Waals surface area contributed by atoms with Crippen LogP contribution in [-0.4, -0.2) is 10.2 Å². The van der Waals surface area contributed by atoms with E-state index in [1.807, 2.05) is 26.0 Å². The Morgan fingerprint density at radius 2 is 2.33 bits per heavy atom. The first kappa shape index (κ1) is 11.7. The van der Waals surface area contributed by atoms with Crippen molar-refractivity contribution in [2.24, 2.45) is 11.7 Å². The Labute approximate surface area is 86.5 Å². The molecule has 0 fully saturated rings. The van der Waals surface area contributed by atoms with Crippen molar-refractivity contribution in [3.8, 4) is 0 Å². The van der Waals surface area contributed by atoms with E-state index in [1.54, 1.807) is 0 Å². The SMILES string of the molecule is CC=CC(CC)C(I)OC(N)=O. The molecule has 0 saturated heterocycles. The summed E-state index contributed by atoms with van der Waals surface area (Å²) in [5, 5.41) is 0. The van der Waals surface area contributed by atoms with E-state index in [9.17, 15) is 4.79 Å². The molecule has 3 nitrogen and oxygen atoms in total. The van der Waals surface area contributed by atoms with Crippen LogP contribution in [0.25, 0.3) is 0 Å². The number of nitrogens with two attached hydrogens (primary N) is 1. The maximum atomic E-state index is 10.4. The maximum Gasteiger partial charge on any atom is 0.405 e. The molecule has 0 aliphatic rings. The Bertz CT molecular complexity index is 170. The van der Waals surface area contributed by atoms with Crippen LogP contribution >= 0.6 is 22.6 Å². The number of allylic oxidation sites excluding steroid dienone is 1. The zero-order chi connectivity index (χ0) is 9.56. The number of halogens is 1. The highest BCUT2D eigenvalue weighted by molar-refractivity contribution is 14.1. The smallest absolute Gasteiger partial charge is 0.405 e. The van der Waals surface area contributed by atoms with Crippen LogP contribution in [0.3, 0.4) is 0 Å². The van der Waals surface area contributed by atoms with Crippen molar-refractivity contribution in [2.75, 3.05) is 0 Å². The van der Waals surface area contributed by atoms with Gasteiger partial charge in [-0.15, -0.1) is 0 Å². The van der Waals surface area contributed by atoms with E-state index >= 15 is 0 Å². The molecule has 1 amide bonds. The number of carbonyl (C=O) groups is 1. The molecule has 0 rings (SSSR count). The number of amides is 1. The molecule has 0 aromatic rings. The van der Waals surface area contributed by atoms with Gasteiger partial charge in [-0.05, 0) is 35.9 Å². The largest absolute Gasteiger partial charge is 0.435 e. The van der Waals surface area contributed by atoms with E-state index in [1.165, 1.54) is 0 Å². The summed E-state index contributed by atoms with van der Waals surface area (Å²) in [4.78, 5) is 10.4. The first-order valence-corrected chi connectivity index (χ1v) is 5.09. The van der Waals surface area contributed by atoms with Crippen LogP contribution in [0.2, 0.25) is 0 Å². The standard InChI is InChI=1S/C8H14INO2/c1-3-5-6(4-2)7(9)12-8(10)11/h3,5-7H,4H2,1-2H3,(H2,10,11). The molecular formula is C8H14INO2. The molecule has 0 aliphatic heterocycles. The number of hydrogen-bond acceptors (Lipinski definition) is 2. The van der Waals surface area contributed by atoms with Crippen molar-refractivity contribution in [3.63, 3.8) is 0 Å². The average Bonchev–Trinajstić information content (AvgIpc) is 1.98. The Hall–Kier alpha value is -0.260. The van der Waals surface area contributed by atoms with Gasteiger partial charge in [0.2, 0.25) is 0 Å². The molecule has 2 atom stereocenters. The van der Waals surface area contributed by atoms with E-state index in [4.69, 9.17) is 10.5 Å². The number of hydrogen-bond donors (Lipinski definition) is 1. The fraction of sp³-hybridized carbons (Fsp3) is 0.625. The molecule has 4 heteroatoms. The van der Waals surface area contributed by atoms with Gasteiger partial charge >= 0.3 is 6.09 Å². The Kier molecular flexibility index (Phi) is 6.14. The lowest BCUT2D eigenvalue weighted by molar-refractivity contribution is 0.135. The Balaban J connectivity index is 4.01. The lowest BCUT2D eigenvalue weighted by atomic mass is 10.1. The number of ether oxygens (including phenoxy) is 1. The minimum atomic E-state index is -0.711. The zero-order valence-electron chi connectivity index (χ0n) is 7.29. The van der Waals surface area contributed by atoms with Gasteiger partial charge in [0.25, 0.3) is 0 Å². The summed E-state index contributed by atoms with van der Waals surface area (Å²) in [6, 6.07) is 0. The fourth-order valence-electron chi connectivity index (χ4n) is 0.854. The van der Waals surface area contributed by atoms with Gasteiger partial charge in [-0.1, -0.05) is 19.1 Å². The minimum Gasteiger partial charge on any atom is -0.435 e. The number of carbonyl (C=O) groups excluding carboxylic acids is 1. The van der Waals surface area contributed by atoms with Crippen LogP contribution in [0, 0.1) is 5.92 Å². The van der Waals surface area contributed by atoms with Crippen LogP contribution in [0.4, 0.5) is 4.79 Å². The molecular weight excluding hydrogens is 269 g/mol. The molecule has 0 aromatic carbocycles. The highest BCUT2D eigenvalue weighted by Crippen LogP contribution is 2.19. The van der Waals surface area contributed by atoms with Gasteiger partial charge in [0.05, 0.1) is 0 Å². The minimum absolute atomic E-state index is 0.165. The van der Waals surface area contributed by atoms with Crippen molar-refractivity contribution in [2.45, 2.75) is 24.4 Å². The first-order chi connectivity index (χ1) is 5.61. The predicted molar refractivity (Wildman–Crippen MR) is 57.1 cm³/mol. The lowest BCUT2D eigenvalue weighted by Gasteiger charge is -2.16. The molecule has 2 N–H and O–H groups in total. The molecule has 0 spiro atoms. The summed E-state index contributed by atoms with van der Waals surface area (Å²) in [6.45, 7) is 3.98. The third-order valence-corrected chi connectivity index (χ3v) is 2.65. The molecule has 0 heterocycles. The quantitative estimate of drug-likeness (QED) is 0.489. The van der Waals surface area contributed by atoms with Gasteiger partial charge in [0.15, 0.2) is 4.11 Å². The predicted octanol–water partition coefficient (Wildman–Crippen LogP) is 2.45. The highest BCUT2D eigenvalue weighted by atomic mass is 127. The Morgan fingerprint density at radius 3 is 2.67 bits per heavy atom. The van der Waals surface area contributed by atoms with E-state index in [0.717, 1.165) is 6.42 Å². The molecule has 0 saturated carbocycles. The summed E-state index contributed by atoms with van der Waals surface area (Å²) in [5.41, 5.74) is 4.89. The van der Waals surface area contributed by atoms with Crippen LogP contribution < -0.4 is 5.73 Å². The van der Waals surface area contributed by atoms with E-state index in [2.05, 4.69) is 22.6 Å². The molecule has 0 aromatic heterocycles. The normalized spacial score (nSPS) is 15.9. The molecule has 2 unspecified atom stereocenters. The van der Waals surface area contributed by atoms with Gasteiger partial charge in [0.1, 0.15) is 0 Å². The van der Waals surface area contributed by atoms with Gasteiger partial charge in [-0.25, -0.2) is 4.79 Å². The van der Waals surface area contributed by atoms with Gasteiger partial charge in [0, 0.05) is 5.92 Å². The summed E-state index contributed by atoms with van der Waals surface area (Å²) in [6.07, 6.45) is 4.19. The fourth-order valence-corrected chi connectivity index (χ4v) is 1.85. The second-order valence-electron chi connectivity index (χ2n) is 2.39. The third-order valence-electron chi connectivity index (χ3n) is 1.48. The summed E-state index contributed by atoms with van der Waals surface area (Å²) >= 11 is 2.07. The molecule has 0 bridgehead atoms. The van der Waals surface area contributed by atoms with Gasteiger partial charge < -0.3 is 10.5 Å². The van der Waals surface area contributed by atoms with E-state index in [-0.39, 0.29) is 10.0 Å². The van der Waals surface area contributed by atoms with Gasteiger partial charge in [-0.3, -0.25) is 0 Å². The summed E-state index contributed by atoms with van der Waals surface area (Å²) in [7, 11) is 0. The number of alkyl halides is 1. The zero-order valence-corrected chi connectivity index (χ0v) is 9.45. The summed E-state index contributed by atoms with van der Waals surface area (Å²) < 4.78 is 4.66. The second kappa shape index (κ2) is 6.28. The van der Waals surface area contributed by atoms with Gasteiger partial charge in [-0.2, -0.15) is 0 Å². The van der Waals surface area contributed by atoms with Crippen molar-refractivity contribution < 1.29 is 9.53 Å². The topological polar surface area (TPSA) is 52.3 Å². The van der Waals surface area contributed by atoms with Crippen LogP contribution in [0.15, 0.2) is 12.2 Å². The van der Waals surface area contributed by atoms with E-state index < -0.39 is 6.09 Å². The molecule has 12 heavy (non-hydrogen) atoms. The van der Waals surface area contributed by atoms with Crippen molar-refractivity contribution in [1.29, 1.82) is 0 Å². The molecule has 0 radical (unpaired) electrons. The maximum absolute atomic E-state index is 10.4. The monoisotopic (exact) mass is 283 g/mol. The second-order valence-corrected chi connectivity index (χ2v) is 3.61. The third kappa shape index (κ3) is 4.58. The van der Waals surface area contributed by atoms with Crippen LogP contribution in [-0.2, 0) is 4.74 Å². The summed E-state index contributed by atoms with van der Waals surface area (Å²) in [5.74, 6) is 0.253. The van der Waals surface area contributed by atoms with Crippen molar-refractivity contribution in [3.05, 3.63) is 12.2 Å². The van der Waals surface area contributed by atoms with Crippen molar-refractivity contribution >= 4 is 28.7 Å². The lowest BCUT2D eigenvalue weighted by Crippen LogP contribution is -2.23. The highest BCUT2D eigenvalue weighted by Gasteiger charge is 2.16. The van der Waals surface area contributed by atoms with Crippen molar-refractivity contribution in [1.82, 2.24) is 0 Å². The number of primary amides is 1. The van der Waals surface area contributed by atoms with Crippen LogP contribution in [0.1, 0.15) is 20.3 Å². The van der Waals surface area contributed by atoms with Crippen LogP contribution in [0.5, 0.6) is 0 Å². The molecule has 70 valence electrons. The average molecular weight is 283 g/mol.